The number of nitrogen functional groups attached to an aromatic ring is 1. The second-order valence-electron chi connectivity index (χ2n) is 9.51. The second-order valence-corrected chi connectivity index (χ2v) is 9.51. The van der Waals surface area contributed by atoms with E-state index in [4.69, 9.17) is 15.6 Å². The van der Waals surface area contributed by atoms with Gasteiger partial charge in [-0.3, -0.25) is 4.79 Å². The molecule has 2 aliphatic heterocycles. The van der Waals surface area contributed by atoms with Crippen molar-refractivity contribution in [3.8, 4) is 17.0 Å². The van der Waals surface area contributed by atoms with Gasteiger partial charge in [0.05, 0.1) is 17.9 Å². The molecule has 37 heavy (non-hydrogen) atoms. The highest BCUT2D eigenvalue weighted by Gasteiger charge is 2.27. The normalized spacial score (nSPS) is 18.2. The van der Waals surface area contributed by atoms with Gasteiger partial charge in [-0.1, -0.05) is 0 Å². The zero-order valence-corrected chi connectivity index (χ0v) is 21.0. The van der Waals surface area contributed by atoms with Crippen LogP contribution < -0.4 is 20.7 Å². The first-order valence-electron chi connectivity index (χ1n) is 12.6. The summed E-state index contributed by atoms with van der Waals surface area (Å²) < 4.78 is 6.03. The minimum atomic E-state index is -0.485. The van der Waals surface area contributed by atoms with E-state index in [1.54, 1.807) is 11.1 Å². The first-order chi connectivity index (χ1) is 18.0. The number of ether oxygens (including phenoxy) is 1. The van der Waals surface area contributed by atoms with Gasteiger partial charge in [-0.05, 0) is 55.6 Å². The van der Waals surface area contributed by atoms with Crippen molar-refractivity contribution < 1.29 is 14.6 Å². The molecule has 1 atom stereocenters. The largest absolute Gasteiger partial charge is 0.486 e. The highest BCUT2D eigenvalue weighted by Crippen LogP contribution is 2.30. The molecule has 1 unspecified atom stereocenters. The van der Waals surface area contributed by atoms with Gasteiger partial charge in [0.1, 0.15) is 18.5 Å². The number of hydrogen-bond acceptors (Lipinski definition) is 9. The van der Waals surface area contributed by atoms with Gasteiger partial charge in [0.2, 0.25) is 11.9 Å². The molecule has 4 N–H and O–H groups in total. The number of carbonyl (C=O) groups excluding carboxylic acids is 1. The fourth-order valence-electron chi connectivity index (χ4n) is 4.67. The molecular weight excluding hydrogens is 470 g/mol. The number of amides is 1. The maximum absolute atomic E-state index is 11.7. The Labute approximate surface area is 216 Å². The van der Waals surface area contributed by atoms with E-state index in [1.807, 2.05) is 36.4 Å². The standard InChI is InChI=1S/C27H33N7O3/c1-32-12-14-33(15-13-32)21-5-3-20(4-6-21)30-27-29-10-8-24(31-27)19-2-7-25(23(28)16-19)37-22-9-11-34(17-22)26(36)18-35/h2-8,10,16,22,35H,9,11-15,17-18,28H2,1H3,(H,29,30,31). The van der Waals surface area contributed by atoms with Gasteiger partial charge in [-0.15, -0.1) is 0 Å². The predicted molar refractivity (Wildman–Crippen MR) is 144 cm³/mol. The summed E-state index contributed by atoms with van der Waals surface area (Å²) in [7, 11) is 2.16. The molecule has 10 nitrogen and oxygen atoms in total. The number of anilines is 4. The maximum atomic E-state index is 11.7. The highest BCUT2D eigenvalue weighted by molar-refractivity contribution is 5.77. The van der Waals surface area contributed by atoms with Crippen LogP contribution in [0.4, 0.5) is 23.0 Å². The lowest BCUT2D eigenvalue weighted by molar-refractivity contribution is -0.133. The number of likely N-dealkylation sites (tertiary alicyclic amines) is 1. The van der Waals surface area contributed by atoms with Crippen molar-refractivity contribution in [2.45, 2.75) is 12.5 Å². The molecule has 194 valence electrons. The molecule has 0 radical (unpaired) electrons. The maximum Gasteiger partial charge on any atom is 0.248 e. The van der Waals surface area contributed by atoms with Crippen molar-refractivity contribution in [2.24, 2.45) is 0 Å². The third-order valence-electron chi connectivity index (χ3n) is 6.88. The van der Waals surface area contributed by atoms with Crippen molar-refractivity contribution in [1.82, 2.24) is 19.8 Å². The minimum Gasteiger partial charge on any atom is -0.486 e. The van der Waals surface area contributed by atoms with Crippen molar-refractivity contribution in [3.63, 3.8) is 0 Å². The van der Waals surface area contributed by atoms with E-state index in [2.05, 4.69) is 44.3 Å². The molecule has 1 aromatic heterocycles. The molecule has 2 aromatic carbocycles. The van der Waals surface area contributed by atoms with Crippen LogP contribution in [0.5, 0.6) is 5.75 Å². The molecule has 10 heteroatoms. The number of nitrogens with zero attached hydrogens (tertiary/aromatic N) is 5. The Bertz CT molecular complexity index is 1230. The Balaban J connectivity index is 1.22. The zero-order valence-electron chi connectivity index (χ0n) is 21.0. The molecule has 1 amide bonds. The zero-order chi connectivity index (χ0) is 25.8. The number of hydrogen-bond donors (Lipinski definition) is 3. The number of aliphatic hydroxyl groups is 1. The van der Waals surface area contributed by atoms with Crippen molar-refractivity contribution in [3.05, 3.63) is 54.7 Å². The first-order valence-corrected chi connectivity index (χ1v) is 12.6. The van der Waals surface area contributed by atoms with E-state index in [1.165, 1.54) is 5.69 Å². The third-order valence-corrected chi connectivity index (χ3v) is 6.88. The number of aliphatic hydroxyl groups excluding tert-OH is 1. The number of nitrogens with one attached hydrogen (secondary N) is 1. The molecule has 3 heterocycles. The summed E-state index contributed by atoms with van der Waals surface area (Å²) in [5.74, 6) is 0.789. The lowest BCUT2D eigenvalue weighted by atomic mass is 10.1. The molecule has 0 spiro atoms. The van der Waals surface area contributed by atoms with E-state index < -0.39 is 6.61 Å². The molecule has 0 aliphatic carbocycles. The Kier molecular flexibility index (Phi) is 7.38. The van der Waals surface area contributed by atoms with Crippen LogP contribution in [0.15, 0.2) is 54.7 Å². The van der Waals surface area contributed by atoms with E-state index in [-0.39, 0.29) is 12.0 Å². The van der Waals surface area contributed by atoms with Gasteiger partial charge in [0.25, 0.3) is 0 Å². The fraction of sp³-hybridized carbons (Fsp3) is 0.370. The average molecular weight is 504 g/mol. The average Bonchev–Trinajstić information content (AvgIpc) is 3.39. The topological polar surface area (TPSA) is 120 Å². The number of piperazine rings is 1. The Morgan fingerprint density at radius 2 is 1.89 bits per heavy atom. The molecule has 5 rings (SSSR count). The van der Waals surface area contributed by atoms with E-state index >= 15 is 0 Å². The summed E-state index contributed by atoms with van der Waals surface area (Å²) in [6.07, 6.45) is 2.26. The van der Waals surface area contributed by atoms with Crippen LogP contribution >= 0.6 is 0 Å². The molecule has 2 saturated heterocycles. The molecular formula is C27H33N7O3. The highest BCUT2D eigenvalue weighted by atomic mass is 16.5. The fourth-order valence-corrected chi connectivity index (χ4v) is 4.67. The second kappa shape index (κ2) is 11.0. The van der Waals surface area contributed by atoms with Crippen LogP contribution in [0.1, 0.15) is 6.42 Å². The predicted octanol–water partition coefficient (Wildman–Crippen LogP) is 2.19. The summed E-state index contributed by atoms with van der Waals surface area (Å²) in [6.45, 7) is 4.73. The number of likely N-dealkylation sites (N-methyl/N-ethyl adjacent to an activating group) is 1. The lowest BCUT2D eigenvalue weighted by Crippen LogP contribution is -2.44. The summed E-state index contributed by atoms with van der Waals surface area (Å²) in [4.78, 5) is 27.1. The van der Waals surface area contributed by atoms with Crippen molar-refractivity contribution >= 4 is 28.9 Å². The molecule has 0 saturated carbocycles. The summed E-state index contributed by atoms with van der Waals surface area (Å²) in [5.41, 5.74) is 10.5. The van der Waals surface area contributed by atoms with Crippen LogP contribution in [-0.2, 0) is 4.79 Å². The lowest BCUT2D eigenvalue weighted by Gasteiger charge is -2.34. The number of benzene rings is 2. The Morgan fingerprint density at radius 1 is 1.11 bits per heavy atom. The molecule has 0 bridgehead atoms. The van der Waals surface area contributed by atoms with Crippen LogP contribution in [0.25, 0.3) is 11.3 Å². The third kappa shape index (κ3) is 5.92. The van der Waals surface area contributed by atoms with Crippen LogP contribution in [-0.4, -0.2) is 89.8 Å². The number of rotatable bonds is 7. The number of aromatic nitrogens is 2. The van der Waals surface area contributed by atoms with E-state index in [9.17, 15) is 4.79 Å². The van der Waals surface area contributed by atoms with Crippen molar-refractivity contribution in [2.75, 3.05) is 68.9 Å². The van der Waals surface area contributed by atoms with Crippen LogP contribution in [0.3, 0.4) is 0 Å². The van der Waals surface area contributed by atoms with Gasteiger partial charge >= 0.3 is 0 Å². The smallest absolute Gasteiger partial charge is 0.248 e. The molecule has 2 aliphatic rings. The van der Waals surface area contributed by atoms with Gasteiger partial charge in [0, 0.05) is 62.3 Å². The molecule has 2 fully saturated rings. The number of carbonyl (C=O) groups is 1. The van der Waals surface area contributed by atoms with Crippen molar-refractivity contribution in [1.29, 1.82) is 0 Å². The minimum absolute atomic E-state index is 0.152. The Morgan fingerprint density at radius 3 is 2.62 bits per heavy atom. The Hall–Kier alpha value is -3.89. The summed E-state index contributed by atoms with van der Waals surface area (Å²) >= 11 is 0. The SMILES string of the molecule is CN1CCN(c2ccc(Nc3nccc(-c4ccc(OC5CCN(C(=O)CO)C5)c(N)c4)n3)cc2)CC1. The van der Waals surface area contributed by atoms with E-state index in [0.29, 0.717) is 36.9 Å². The van der Waals surface area contributed by atoms with Crippen LogP contribution in [0, 0.1) is 0 Å². The van der Waals surface area contributed by atoms with Gasteiger partial charge < -0.3 is 35.6 Å². The van der Waals surface area contributed by atoms with E-state index in [0.717, 1.165) is 43.1 Å². The monoisotopic (exact) mass is 503 g/mol. The van der Waals surface area contributed by atoms with Gasteiger partial charge in [-0.2, -0.15) is 0 Å². The summed E-state index contributed by atoms with van der Waals surface area (Å²) in [5, 5.41) is 12.3. The van der Waals surface area contributed by atoms with Gasteiger partial charge in [0.15, 0.2) is 0 Å². The van der Waals surface area contributed by atoms with Gasteiger partial charge in [-0.25, -0.2) is 9.97 Å². The summed E-state index contributed by atoms with van der Waals surface area (Å²) in [6, 6.07) is 15.8. The number of nitrogens with two attached hydrogens (primary N) is 1. The first kappa shape index (κ1) is 24.8. The quantitative estimate of drug-likeness (QED) is 0.417. The molecule has 3 aromatic rings. The van der Waals surface area contributed by atoms with Crippen LogP contribution in [0.2, 0.25) is 0 Å².